The Morgan fingerprint density at radius 1 is 1.19 bits per heavy atom. The molecule has 1 aromatic heterocycles. The van der Waals surface area contributed by atoms with E-state index in [0.29, 0.717) is 0 Å². The number of pyridine rings is 1. The topological polar surface area (TPSA) is 50.9 Å². The molecule has 0 bridgehead atoms. The maximum Gasteiger partial charge on any atom is 0.0515 e. The number of aromatic nitrogens is 1. The summed E-state index contributed by atoms with van der Waals surface area (Å²) in [5, 5.41) is 0. The van der Waals surface area contributed by atoms with Crippen LogP contribution in [-0.2, 0) is 25.7 Å². The normalized spacial score (nSPS) is 15.0. The fourth-order valence-electron chi connectivity index (χ4n) is 3.08. The molecule has 21 heavy (non-hydrogen) atoms. The van der Waals surface area contributed by atoms with Gasteiger partial charge >= 0.3 is 0 Å². The SMILES string of the molecule is CCc1ccc(CC(NN)c2ccc3c(c2)CCC3)nc1. The Hall–Kier alpha value is -1.71. The lowest BCUT2D eigenvalue weighted by Gasteiger charge is -2.17. The first kappa shape index (κ1) is 14.2. The molecule has 1 aliphatic carbocycles. The summed E-state index contributed by atoms with van der Waals surface area (Å²) in [5.41, 5.74) is 9.55. The molecule has 0 aliphatic heterocycles. The molecular formula is C18H23N3. The van der Waals surface area contributed by atoms with Gasteiger partial charge in [0.15, 0.2) is 0 Å². The molecule has 0 fully saturated rings. The predicted octanol–water partition coefficient (Wildman–Crippen LogP) is 2.88. The van der Waals surface area contributed by atoms with E-state index in [0.717, 1.165) is 18.5 Å². The van der Waals surface area contributed by atoms with E-state index < -0.39 is 0 Å². The molecule has 0 radical (unpaired) electrons. The molecule has 1 heterocycles. The van der Waals surface area contributed by atoms with Crippen molar-refractivity contribution in [3.63, 3.8) is 0 Å². The first-order valence-corrected chi connectivity index (χ1v) is 7.81. The fourth-order valence-corrected chi connectivity index (χ4v) is 3.08. The minimum absolute atomic E-state index is 0.121. The molecule has 2 aromatic rings. The first-order chi connectivity index (χ1) is 10.3. The second-order valence-corrected chi connectivity index (χ2v) is 5.82. The smallest absolute Gasteiger partial charge is 0.0515 e. The molecule has 0 saturated heterocycles. The fraction of sp³-hybridized carbons (Fsp3) is 0.389. The molecule has 0 spiro atoms. The van der Waals surface area contributed by atoms with Gasteiger partial charge in [-0.1, -0.05) is 31.2 Å². The highest BCUT2D eigenvalue weighted by Crippen LogP contribution is 2.26. The molecular weight excluding hydrogens is 258 g/mol. The predicted molar refractivity (Wildman–Crippen MR) is 85.9 cm³/mol. The summed E-state index contributed by atoms with van der Waals surface area (Å²) in [4.78, 5) is 4.54. The van der Waals surface area contributed by atoms with Crippen LogP contribution in [0.5, 0.6) is 0 Å². The monoisotopic (exact) mass is 281 g/mol. The summed E-state index contributed by atoms with van der Waals surface area (Å²) in [5.74, 6) is 5.78. The zero-order chi connectivity index (χ0) is 14.7. The lowest BCUT2D eigenvalue weighted by atomic mass is 9.98. The largest absolute Gasteiger partial charge is 0.271 e. The minimum atomic E-state index is 0.121. The van der Waals surface area contributed by atoms with E-state index in [2.05, 4.69) is 47.7 Å². The van der Waals surface area contributed by atoms with Crippen molar-refractivity contribution < 1.29 is 0 Å². The van der Waals surface area contributed by atoms with Crippen LogP contribution >= 0.6 is 0 Å². The van der Waals surface area contributed by atoms with Crippen LogP contribution < -0.4 is 11.3 Å². The Labute approximate surface area is 126 Å². The van der Waals surface area contributed by atoms with Crippen LogP contribution in [0.3, 0.4) is 0 Å². The molecule has 1 aromatic carbocycles. The lowest BCUT2D eigenvalue weighted by molar-refractivity contribution is 0.545. The van der Waals surface area contributed by atoms with Gasteiger partial charge in [-0.05, 0) is 54.0 Å². The third-order valence-corrected chi connectivity index (χ3v) is 4.43. The maximum atomic E-state index is 5.78. The van der Waals surface area contributed by atoms with Gasteiger partial charge in [0.2, 0.25) is 0 Å². The summed E-state index contributed by atoms with van der Waals surface area (Å²) < 4.78 is 0. The number of hydrogen-bond acceptors (Lipinski definition) is 3. The van der Waals surface area contributed by atoms with Crippen LogP contribution in [0.15, 0.2) is 36.5 Å². The van der Waals surface area contributed by atoms with E-state index >= 15 is 0 Å². The van der Waals surface area contributed by atoms with Crippen molar-refractivity contribution in [1.29, 1.82) is 0 Å². The average Bonchev–Trinajstić information content (AvgIpc) is 3.00. The highest BCUT2D eigenvalue weighted by molar-refractivity contribution is 5.37. The van der Waals surface area contributed by atoms with Crippen molar-refractivity contribution in [2.75, 3.05) is 0 Å². The van der Waals surface area contributed by atoms with Gasteiger partial charge in [0.05, 0.1) is 6.04 Å². The Balaban J connectivity index is 1.78. The molecule has 110 valence electrons. The Bertz CT molecular complexity index is 604. The minimum Gasteiger partial charge on any atom is -0.271 e. The van der Waals surface area contributed by atoms with Crippen molar-refractivity contribution in [3.05, 3.63) is 64.5 Å². The number of rotatable bonds is 5. The van der Waals surface area contributed by atoms with Crippen molar-refractivity contribution >= 4 is 0 Å². The summed E-state index contributed by atoms with van der Waals surface area (Å²) in [6.45, 7) is 2.14. The zero-order valence-corrected chi connectivity index (χ0v) is 12.6. The molecule has 3 nitrogen and oxygen atoms in total. The van der Waals surface area contributed by atoms with E-state index in [1.165, 1.54) is 41.5 Å². The number of hydrogen-bond donors (Lipinski definition) is 2. The van der Waals surface area contributed by atoms with Crippen molar-refractivity contribution in [2.45, 2.75) is 45.1 Å². The number of aryl methyl sites for hydroxylation is 3. The van der Waals surface area contributed by atoms with Crippen molar-refractivity contribution in [1.82, 2.24) is 10.4 Å². The van der Waals surface area contributed by atoms with Crippen LogP contribution in [0.25, 0.3) is 0 Å². The van der Waals surface area contributed by atoms with Crippen LogP contribution in [-0.4, -0.2) is 4.98 Å². The number of nitrogens with zero attached hydrogens (tertiary/aromatic N) is 1. The molecule has 3 rings (SSSR count). The molecule has 1 aliphatic rings. The van der Waals surface area contributed by atoms with E-state index in [-0.39, 0.29) is 6.04 Å². The molecule has 0 saturated carbocycles. The quantitative estimate of drug-likeness (QED) is 0.654. The summed E-state index contributed by atoms with van der Waals surface area (Å²) in [7, 11) is 0. The molecule has 3 heteroatoms. The van der Waals surface area contributed by atoms with Gasteiger partial charge in [0, 0.05) is 18.3 Å². The second-order valence-electron chi connectivity index (χ2n) is 5.82. The van der Waals surface area contributed by atoms with Crippen LogP contribution in [0.1, 0.15) is 47.3 Å². The highest BCUT2D eigenvalue weighted by Gasteiger charge is 2.16. The van der Waals surface area contributed by atoms with E-state index in [1.54, 1.807) is 0 Å². The zero-order valence-electron chi connectivity index (χ0n) is 12.6. The third kappa shape index (κ3) is 3.14. The summed E-state index contributed by atoms with van der Waals surface area (Å²) in [6.07, 6.45) is 7.50. The molecule has 1 atom stereocenters. The summed E-state index contributed by atoms with van der Waals surface area (Å²) in [6, 6.07) is 11.2. The van der Waals surface area contributed by atoms with Gasteiger partial charge in [-0.15, -0.1) is 0 Å². The Morgan fingerprint density at radius 2 is 2.05 bits per heavy atom. The van der Waals surface area contributed by atoms with E-state index in [9.17, 15) is 0 Å². The molecule has 0 amide bonds. The summed E-state index contributed by atoms with van der Waals surface area (Å²) >= 11 is 0. The highest BCUT2D eigenvalue weighted by atomic mass is 15.2. The van der Waals surface area contributed by atoms with Gasteiger partial charge in [0.1, 0.15) is 0 Å². The van der Waals surface area contributed by atoms with E-state index in [4.69, 9.17) is 5.84 Å². The van der Waals surface area contributed by atoms with Crippen molar-refractivity contribution in [2.24, 2.45) is 5.84 Å². The number of nitrogens with two attached hydrogens (primary N) is 1. The number of benzene rings is 1. The van der Waals surface area contributed by atoms with Crippen LogP contribution in [0, 0.1) is 0 Å². The van der Waals surface area contributed by atoms with Gasteiger partial charge in [-0.3, -0.25) is 16.3 Å². The molecule has 3 N–H and O–H groups in total. The number of hydrazine groups is 1. The first-order valence-electron chi connectivity index (χ1n) is 7.81. The van der Waals surface area contributed by atoms with Gasteiger partial charge in [0.25, 0.3) is 0 Å². The maximum absolute atomic E-state index is 5.78. The van der Waals surface area contributed by atoms with Gasteiger partial charge < -0.3 is 0 Å². The standard InChI is InChI=1S/C18H23N3/c1-2-13-6-9-17(20-12-13)11-18(21-19)16-8-7-14-4-3-5-15(14)10-16/h6-10,12,18,21H,2-5,11,19H2,1H3. The van der Waals surface area contributed by atoms with Crippen LogP contribution in [0.2, 0.25) is 0 Å². The Morgan fingerprint density at radius 3 is 2.76 bits per heavy atom. The van der Waals surface area contributed by atoms with Gasteiger partial charge in [-0.25, -0.2) is 0 Å². The second kappa shape index (κ2) is 6.37. The van der Waals surface area contributed by atoms with E-state index in [1.807, 2.05) is 6.20 Å². The lowest BCUT2D eigenvalue weighted by Crippen LogP contribution is -2.29. The number of fused-ring (bicyclic) bond motifs is 1. The number of nitrogens with one attached hydrogen (secondary N) is 1. The van der Waals surface area contributed by atoms with Gasteiger partial charge in [-0.2, -0.15) is 0 Å². The molecule has 1 unspecified atom stereocenters. The average molecular weight is 281 g/mol. The Kier molecular flexibility index (Phi) is 4.32. The van der Waals surface area contributed by atoms with Crippen molar-refractivity contribution in [3.8, 4) is 0 Å². The van der Waals surface area contributed by atoms with Crippen LogP contribution in [0.4, 0.5) is 0 Å². The third-order valence-electron chi connectivity index (χ3n) is 4.43.